The van der Waals surface area contributed by atoms with Gasteiger partial charge in [0.25, 0.3) is 0 Å². The molecule has 0 saturated carbocycles. The Labute approximate surface area is 170 Å². The Morgan fingerprint density at radius 1 is 0.931 bits per heavy atom. The lowest BCUT2D eigenvalue weighted by Gasteiger charge is -2.48. The maximum atomic E-state index is 12.7. The Bertz CT molecular complexity index is 1040. The van der Waals surface area contributed by atoms with E-state index < -0.39 is 0 Å². The Hall–Kier alpha value is -2.99. The molecule has 2 aromatic carbocycles. The number of piperidine rings is 1. The van der Waals surface area contributed by atoms with Crippen LogP contribution in [0.5, 0.6) is 0 Å². The molecule has 0 bridgehead atoms. The van der Waals surface area contributed by atoms with E-state index in [1.807, 2.05) is 48.5 Å². The summed E-state index contributed by atoms with van der Waals surface area (Å²) in [5.41, 5.74) is 1.57. The quantitative estimate of drug-likeness (QED) is 0.733. The minimum Gasteiger partial charge on any atom is -0.356 e. The number of carbonyl (C=O) groups excluding carboxylic acids is 1. The minimum atomic E-state index is -0.389. The summed E-state index contributed by atoms with van der Waals surface area (Å²) in [6.45, 7) is 3.23. The molecule has 29 heavy (non-hydrogen) atoms. The molecule has 2 aliphatic rings. The molecule has 2 saturated heterocycles. The summed E-state index contributed by atoms with van der Waals surface area (Å²) in [6, 6.07) is 18.3. The molecule has 6 nitrogen and oxygen atoms in total. The standard InChI is InChI=1S/C23H25N5O/c1-27-16-13-24-22(29)23(27)11-14-28(15-12-23)21-18-9-5-6-10-19(18)25-20(26-21)17-7-3-2-4-8-17/h2-10H,11-16H2,1H3,(H,24,29). The Morgan fingerprint density at radius 3 is 2.41 bits per heavy atom. The lowest BCUT2D eigenvalue weighted by molar-refractivity contribution is -0.137. The third kappa shape index (κ3) is 3.04. The molecule has 6 heteroatoms. The third-order valence-corrected chi connectivity index (χ3v) is 6.39. The highest BCUT2D eigenvalue weighted by Gasteiger charge is 2.46. The number of piperazine rings is 1. The van der Waals surface area contributed by atoms with E-state index in [9.17, 15) is 4.79 Å². The van der Waals surface area contributed by atoms with Gasteiger partial charge in [-0.25, -0.2) is 9.97 Å². The van der Waals surface area contributed by atoms with Gasteiger partial charge in [-0.05, 0) is 32.0 Å². The van der Waals surface area contributed by atoms with Crippen molar-refractivity contribution in [3.8, 4) is 11.4 Å². The number of aromatic nitrogens is 2. The van der Waals surface area contributed by atoms with Crippen LogP contribution in [0.4, 0.5) is 5.82 Å². The van der Waals surface area contributed by atoms with Gasteiger partial charge in [0.1, 0.15) is 11.4 Å². The molecular formula is C23H25N5O. The first kappa shape index (κ1) is 18.1. The largest absolute Gasteiger partial charge is 0.356 e. The van der Waals surface area contributed by atoms with Crippen LogP contribution in [0, 0.1) is 0 Å². The van der Waals surface area contributed by atoms with Crippen LogP contribution in [0.2, 0.25) is 0 Å². The Balaban J connectivity index is 1.51. The zero-order valence-corrected chi connectivity index (χ0v) is 16.6. The number of carbonyl (C=O) groups is 1. The van der Waals surface area contributed by atoms with Gasteiger partial charge < -0.3 is 10.2 Å². The molecule has 0 unspecified atom stereocenters. The van der Waals surface area contributed by atoms with E-state index in [4.69, 9.17) is 9.97 Å². The molecule has 0 atom stereocenters. The highest BCUT2D eigenvalue weighted by molar-refractivity contribution is 5.92. The van der Waals surface area contributed by atoms with Crippen LogP contribution < -0.4 is 10.2 Å². The van der Waals surface area contributed by atoms with Gasteiger partial charge >= 0.3 is 0 Å². The molecule has 1 amide bonds. The van der Waals surface area contributed by atoms with E-state index in [0.717, 1.165) is 67.1 Å². The van der Waals surface area contributed by atoms with Crippen molar-refractivity contribution in [2.75, 3.05) is 38.1 Å². The van der Waals surface area contributed by atoms with Crippen molar-refractivity contribution in [3.05, 3.63) is 54.6 Å². The monoisotopic (exact) mass is 387 g/mol. The first-order valence-corrected chi connectivity index (χ1v) is 10.2. The second-order valence-corrected chi connectivity index (χ2v) is 7.95. The van der Waals surface area contributed by atoms with Crippen molar-refractivity contribution in [2.24, 2.45) is 0 Å². The van der Waals surface area contributed by atoms with Gasteiger partial charge in [0.05, 0.1) is 5.52 Å². The molecule has 1 N–H and O–H groups in total. The van der Waals surface area contributed by atoms with Gasteiger partial charge in [-0.15, -0.1) is 0 Å². The second kappa shape index (κ2) is 7.12. The lowest BCUT2D eigenvalue weighted by atomic mass is 9.83. The fourth-order valence-corrected chi connectivity index (χ4v) is 4.60. The first-order valence-electron chi connectivity index (χ1n) is 10.2. The van der Waals surface area contributed by atoms with Gasteiger partial charge in [0.15, 0.2) is 5.82 Å². The number of amides is 1. The number of anilines is 1. The van der Waals surface area contributed by atoms with Crippen LogP contribution in [-0.4, -0.2) is 59.5 Å². The van der Waals surface area contributed by atoms with Gasteiger partial charge in [-0.1, -0.05) is 42.5 Å². The number of para-hydroxylation sites is 1. The first-order chi connectivity index (χ1) is 14.2. The fraction of sp³-hybridized carbons (Fsp3) is 0.348. The summed E-state index contributed by atoms with van der Waals surface area (Å²) < 4.78 is 0. The zero-order valence-electron chi connectivity index (χ0n) is 16.6. The number of fused-ring (bicyclic) bond motifs is 1. The van der Waals surface area contributed by atoms with Crippen LogP contribution in [0.3, 0.4) is 0 Å². The predicted molar refractivity (Wildman–Crippen MR) is 115 cm³/mol. The summed E-state index contributed by atoms with van der Waals surface area (Å²) in [6.07, 6.45) is 1.60. The van der Waals surface area contributed by atoms with Crippen molar-refractivity contribution in [2.45, 2.75) is 18.4 Å². The topological polar surface area (TPSA) is 61.4 Å². The maximum absolute atomic E-state index is 12.7. The maximum Gasteiger partial charge on any atom is 0.240 e. The molecule has 5 rings (SSSR count). The Kier molecular flexibility index (Phi) is 4.43. The summed E-state index contributed by atoms with van der Waals surface area (Å²) in [7, 11) is 2.07. The van der Waals surface area contributed by atoms with E-state index in [-0.39, 0.29) is 11.4 Å². The van der Waals surface area contributed by atoms with E-state index in [0.29, 0.717) is 0 Å². The zero-order chi connectivity index (χ0) is 19.8. The van der Waals surface area contributed by atoms with Crippen LogP contribution in [0.15, 0.2) is 54.6 Å². The molecular weight excluding hydrogens is 362 g/mol. The van der Waals surface area contributed by atoms with Crippen molar-refractivity contribution in [3.63, 3.8) is 0 Å². The van der Waals surface area contributed by atoms with Crippen molar-refractivity contribution >= 4 is 22.6 Å². The Morgan fingerprint density at radius 2 is 1.66 bits per heavy atom. The molecule has 3 heterocycles. The van der Waals surface area contributed by atoms with E-state index in [2.05, 4.69) is 28.2 Å². The van der Waals surface area contributed by atoms with Crippen molar-refractivity contribution in [1.29, 1.82) is 0 Å². The SMILES string of the molecule is CN1CCNC(=O)C12CCN(c1nc(-c3ccccc3)nc3ccccc13)CC2. The molecule has 2 aliphatic heterocycles. The smallest absolute Gasteiger partial charge is 0.240 e. The fourth-order valence-electron chi connectivity index (χ4n) is 4.60. The lowest BCUT2D eigenvalue weighted by Crippen LogP contribution is -2.67. The molecule has 0 aliphatic carbocycles. The van der Waals surface area contributed by atoms with Gasteiger partial charge in [-0.3, -0.25) is 9.69 Å². The third-order valence-electron chi connectivity index (χ3n) is 6.39. The average Bonchev–Trinajstić information content (AvgIpc) is 2.78. The number of nitrogens with zero attached hydrogens (tertiary/aromatic N) is 4. The van der Waals surface area contributed by atoms with Gasteiger partial charge in [-0.2, -0.15) is 0 Å². The highest BCUT2D eigenvalue weighted by atomic mass is 16.2. The van der Waals surface area contributed by atoms with Crippen molar-refractivity contribution in [1.82, 2.24) is 20.2 Å². The summed E-state index contributed by atoms with van der Waals surface area (Å²) >= 11 is 0. The van der Waals surface area contributed by atoms with E-state index in [1.54, 1.807) is 0 Å². The summed E-state index contributed by atoms with van der Waals surface area (Å²) in [5.74, 6) is 1.87. The van der Waals surface area contributed by atoms with Gasteiger partial charge in [0, 0.05) is 37.1 Å². The summed E-state index contributed by atoms with van der Waals surface area (Å²) in [4.78, 5) is 27.0. The van der Waals surface area contributed by atoms with E-state index >= 15 is 0 Å². The van der Waals surface area contributed by atoms with Crippen LogP contribution in [-0.2, 0) is 4.79 Å². The molecule has 1 aromatic heterocycles. The van der Waals surface area contributed by atoms with E-state index in [1.165, 1.54) is 0 Å². The van der Waals surface area contributed by atoms with Crippen LogP contribution >= 0.6 is 0 Å². The normalized spacial score (nSPS) is 19.5. The number of likely N-dealkylation sites (N-methyl/N-ethyl adjacent to an activating group) is 1. The number of nitrogens with one attached hydrogen (secondary N) is 1. The molecule has 2 fully saturated rings. The van der Waals surface area contributed by atoms with Crippen LogP contribution in [0.1, 0.15) is 12.8 Å². The number of hydrogen-bond acceptors (Lipinski definition) is 5. The van der Waals surface area contributed by atoms with Crippen molar-refractivity contribution < 1.29 is 4.79 Å². The molecule has 148 valence electrons. The molecule has 1 spiro atoms. The second-order valence-electron chi connectivity index (χ2n) is 7.95. The average molecular weight is 387 g/mol. The molecule has 0 radical (unpaired) electrons. The number of benzene rings is 2. The minimum absolute atomic E-state index is 0.170. The predicted octanol–water partition coefficient (Wildman–Crippen LogP) is 2.70. The molecule has 3 aromatic rings. The highest BCUT2D eigenvalue weighted by Crippen LogP contribution is 2.34. The van der Waals surface area contributed by atoms with Gasteiger partial charge in [0.2, 0.25) is 5.91 Å². The van der Waals surface area contributed by atoms with Crippen LogP contribution in [0.25, 0.3) is 22.3 Å². The summed E-state index contributed by atoms with van der Waals surface area (Å²) in [5, 5.41) is 4.12. The number of rotatable bonds is 2. The number of hydrogen-bond donors (Lipinski definition) is 1.